The summed E-state index contributed by atoms with van der Waals surface area (Å²) in [6.45, 7) is 1.54. The fraction of sp³-hybridized carbons (Fsp3) is 0.250. The van der Waals surface area contributed by atoms with Crippen molar-refractivity contribution in [1.82, 2.24) is 14.6 Å². The standard InChI is InChI=1S/C20H21N3O3S.ClH/c1-26-19-7-3-2-6-17(19)18-14-22-11-12-23(18)27(24,25)20-8-4-5-15-13-21-10-9-16(15)20;/h2-10,13,18,22H,11-12,14H2,1H3;1H. The Kier molecular flexibility index (Phi) is 6.20. The smallest absolute Gasteiger partial charge is 0.244 e. The maximum atomic E-state index is 13.6. The highest BCUT2D eigenvalue weighted by Gasteiger charge is 2.36. The summed E-state index contributed by atoms with van der Waals surface area (Å²) in [5, 5.41) is 4.80. The van der Waals surface area contributed by atoms with E-state index in [1.165, 1.54) is 0 Å². The maximum Gasteiger partial charge on any atom is 0.244 e. The van der Waals surface area contributed by atoms with Gasteiger partial charge in [-0.15, -0.1) is 12.4 Å². The van der Waals surface area contributed by atoms with E-state index < -0.39 is 10.0 Å². The fourth-order valence-corrected chi connectivity index (χ4v) is 5.45. The molecule has 2 heterocycles. The van der Waals surface area contributed by atoms with Gasteiger partial charge in [0.05, 0.1) is 18.0 Å². The van der Waals surface area contributed by atoms with Gasteiger partial charge in [0.1, 0.15) is 5.75 Å². The van der Waals surface area contributed by atoms with Crippen molar-refractivity contribution in [3.8, 4) is 5.75 Å². The topological polar surface area (TPSA) is 71.5 Å². The van der Waals surface area contributed by atoms with Gasteiger partial charge in [0.15, 0.2) is 0 Å². The molecule has 6 nitrogen and oxygen atoms in total. The summed E-state index contributed by atoms with van der Waals surface area (Å²) >= 11 is 0. The Balaban J connectivity index is 0.00000225. The van der Waals surface area contributed by atoms with Crippen molar-refractivity contribution in [1.29, 1.82) is 0 Å². The van der Waals surface area contributed by atoms with E-state index in [-0.39, 0.29) is 18.4 Å². The molecule has 1 saturated heterocycles. The molecule has 3 aromatic rings. The number of aromatic nitrogens is 1. The summed E-state index contributed by atoms with van der Waals surface area (Å²) in [7, 11) is -2.10. The second-order valence-electron chi connectivity index (χ2n) is 6.43. The molecule has 148 valence electrons. The first-order chi connectivity index (χ1) is 13.1. The predicted octanol–water partition coefficient (Wildman–Crippen LogP) is 3.00. The fourth-order valence-electron chi connectivity index (χ4n) is 3.62. The molecule has 1 fully saturated rings. The van der Waals surface area contributed by atoms with Crippen LogP contribution in [0.5, 0.6) is 5.75 Å². The summed E-state index contributed by atoms with van der Waals surface area (Å²) in [4.78, 5) is 4.41. The second kappa shape index (κ2) is 8.45. The van der Waals surface area contributed by atoms with Crippen LogP contribution >= 0.6 is 12.4 Å². The zero-order valence-electron chi connectivity index (χ0n) is 15.4. The summed E-state index contributed by atoms with van der Waals surface area (Å²) in [6, 6.07) is 14.3. The normalized spacial score (nSPS) is 17.8. The van der Waals surface area contributed by atoms with Crippen LogP contribution in [0.25, 0.3) is 10.8 Å². The zero-order chi connectivity index (χ0) is 18.9. The van der Waals surface area contributed by atoms with Crippen molar-refractivity contribution in [2.24, 2.45) is 0 Å². The average molecular weight is 420 g/mol. The number of piperazine rings is 1. The van der Waals surface area contributed by atoms with E-state index in [9.17, 15) is 8.42 Å². The van der Waals surface area contributed by atoms with Gasteiger partial charge in [-0.05, 0) is 18.2 Å². The van der Waals surface area contributed by atoms with E-state index in [2.05, 4.69) is 10.3 Å². The van der Waals surface area contributed by atoms with Crippen LogP contribution in [0.15, 0.2) is 65.8 Å². The Morgan fingerprint density at radius 1 is 1.14 bits per heavy atom. The summed E-state index contributed by atoms with van der Waals surface area (Å²) in [6.07, 6.45) is 3.31. The maximum absolute atomic E-state index is 13.6. The van der Waals surface area contributed by atoms with Crippen LogP contribution < -0.4 is 10.1 Å². The number of nitrogens with one attached hydrogen (secondary N) is 1. The van der Waals surface area contributed by atoms with Crippen molar-refractivity contribution in [3.05, 3.63) is 66.5 Å². The molecule has 4 rings (SSSR count). The van der Waals surface area contributed by atoms with Crippen LogP contribution in [0.4, 0.5) is 0 Å². The number of fused-ring (bicyclic) bond motifs is 1. The molecule has 28 heavy (non-hydrogen) atoms. The van der Waals surface area contributed by atoms with Crippen molar-refractivity contribution in [2.75, 3.05) is 26.7 Å². The van der Waals surface area contributed by atoms with E-state index in [4.69, 9.17) is 4.74 Å². The van der Waals surface area contributed by atoms with Crippen LogP contribution in [0.2, 0.25) is 0 Å². The molecule has 0 amide bonds. The van der Waals surface area contributed by atoms with Gasteiger partial charge < -0.3 is 10.1 Å². The molecule has 1 atom stereocenters. The van der Waals surface area contributed by atoms with Gasteiger partial charge in [-0.25, -0.2) is 8.42 Å². The molecule has 8 heteroatoms. The number of rotatable bonds is 4. The van der Waals surface area contributed by atoms with Crippen LogP contribution in [-0.4, -0.2) is 44.5 Å². The van der Waals surface area contributed by atoms with Crippen molar-refractivity contribution in [3.63, 3.8) is 0 Å². The van der Waals surface area contributed by atoms with E-state index >= 15 is 0 Å². The SMILES string of the molecule is COc1ccccc1C1CNCCN1S(=O)(=O)c1cccc2cnccc12.Cl. The molecule has 0 saturated carbocycles. The molecular weight excluding hydrogens is 398 g/mol. The number of hydrogen-bond donors (Lipinski definition) is 1. The van der Waals surface area contributed by atoms with E-state index in [1.54, 1.807) is 42.0 Å². The minimum atomic E-state index is -3.70. The highest BCUT2D eigenvalue weighted by atomic mass is 35.5. The molecule has 1 aliphatic rings. The first-order valence-electron chi connectivity index (χ1n) is 8.81. The van der Waals surface area contributed by atoms with Gasteiger partial charge in [0.2, 0.25) is 10.0 Å². The zero-order valence-corrected chi connectivity index (χ0v) is 17.0. The lowest BCUT2D eigenvalue weighted by atomic mass is 10.0. The van der Waals surface area contributed by atoms with Gasteiger partial charge >= 0.3 is 0 Å². The predicted molar refractivity (Wildman–Crippen MR) is 111 cm³/mol. The second-order valence-corrected chi connectivity index (χ2v) is 8.29. The number of methoxy groups -OCH3 is 1. The lowest BCUT2D eigenvalue weighted by Gasteiger charge is -2.36. The quantitative estimate of drug-likeness (QED) is 0.703. The first kappa shape index (κ1) is 20.5. The van der Waals surface area contributed by atoms with Gasteiger partial charge in [-0.1, -0.05) is 30.3 Å². The third kappa shape index (κ3) is 3.58. The van der Waals surface area contributed by atoms with Crippen LogP contribution in [0.3, 0.4) is 0 Å². The highest BCUT2D eigenvalue weighted by Crippen LogP contribution is 2.35. The molecular formula is C20H22ClN3O3S. The number of halogens is 1. The van der Waals surface area contributed by atoms with Gasteiger partial charge in [0, 0.05) is 48.4 Å². The van der Waals surface area contributed by atoms with E-state index in [0.29, 0.717) is 35.7 Å². The van der Waals surface area contributed by atoms with Crippen molar-refractivity contribution >= 4 is 33.2 Å². The van der Waals surface area contributed by atoms with E-state index in [0.717, 1.165) is 10.9 Å². The number of sulfonamides is 1. The molecule has 1 aromatic heterocycles. The number of para-hydroxylation sites is 1. The van der Waals surface area contributed by atoms with Crippen molar-refractivity contribution in [2.45, 2.75) is 10.9 Å². The minimum Gasteiger partial charge on any atom is -0.496 e. The number of benzene rings is 2. The lowest BCUT2D eigenvalue weighted by molar-refractivity contribution is 0.265. The van der Waals surface area contributed by atoms with Gasteiger partial charge in [-0.3, -0.25) is 4.98 Å². The lowest BCUT2D eigenvalue weighted by Crippen LogP contribution is -2.48. The largest absolute Gasteiger partial charge is 0.496 e. The molecule has 2 aromatic carbocycles. The van der Waals surface area contributed by atoms with Crippen LogP contribution in [0.1, 0.15) is 11.6 Å². The first-order valence-corrected chi connectivity index (χ1v) is 10.2. The molecule has 0 spiro atoms. The minimum absolute atomic E-state index is 0. The molecule has 1 unspecified atom stereocenters. The Hall–Kier alpha value is -2.19. The monoisotopic (exact) mass is 419 g/mol. The van der Waals surface area contributed by atoms with Gasteiger partial charge in [-0.2, -0.15) is 4.31 Å². The molecule has 0 aliphatic carbocycles. The Morgan fingerprint density at radius 2 is 1.96 bits per heavy atom. The van der Waals surface area contributed by atoms with Crippen LogP contribution in [0, 0.1) is 0 Å². The average Bonchev–Trinajstić information content (AvgIpc) is 2.73. The van der Waals surface area contributed by atoms with E-state index in [1.807, 2.05) is 30.3 Å². The van der Waals surface area contributed by atoms with Crippen LogP contribution in [-0.2, 0) is 10.0 Å². The number of nitrogens with zero attached hydrogens (tertiary/aromatic N) is 2. The number of hydrogen-bond acceptors (Lipinski definition) is 5. The molecule has 0 bridgehead atoms. The summed E-state index contributed by atoms with van der Waals surface area (Å²) < 4.78 is 34.3. The Labute approximate surface area is 171 Å². The third-order valence-electron chi connectivity index (χ3n) is 4.92. The Bertz CT molecular complexity index is 1070. The third-order valence-corrected chi connectivity index (χ3v) is 6.89. The molecule has 1 N–H and O–H groups in total. The Morgan fingerprint density at radius 3 is 2.79 bits per heavy atom. The highest BCUT2D eigenvalue weighted by molar-refractivity contribution is 7.89. The molecule has 0 radical (unpaired) electrons. The number of ether oxygens (including phenoxy) is 1. The summed E-state index contributed by atoms with van der Waals surface area (Å²) in [5.74, 6) is 0.688. The van der Waals surface area contributed by atoms with Gasteiger partial charge in [0.25, 0.3) is 0 Å². The number of pyridine rings is 1. The summed E-state index contributed by atoms with van der Waals surface area (Å²) in [5.41, 5.74) is 0.859. The molecule has 1 aliphatic heterocycles. The van der Waals surface area contributed by atoms with Crippen molar-refractivity contribution < 1.29 is 13.2 Å².